The molecule has 3 aromatic rings. The molecule has 180 valence electrons. The van der Waals surface area contributed by atoms with Crippen molar-refractivity contribution >= 4 is 16.9 Å². The van der Waals surface area contributed by atoms with E-state index < -0.39 is 0 Å². The van der Waals surface area contributed by atoms with Gasteiger partial charge >= 0.3 is 0 Å². The first-order valence-corrected chi connectivity index (χ1v) is 11.9. The summed E-state index contributed by atoms with van der Waals surface area (Å²) >= 11 is 0. The van der Waals surface area contributed by atoms with E-state index in [4.69, 9.17) is 18.9 Å². The summed E-state index contributed by atoms with van der Waals surface area (Å²) in [7, 11) is 0. The number of carbonyl (C=O) groups excluding carboxylic acids is 1. The van der Waals surface area contributed by atoms with Crippen LogP contribution in [0.5, 0.6) is 23.1 Å². The van der Waals surface area contributed by atoms with Gasteiger partial charge in [-0.2, -0.15) is 0 Å². The molecular formula is C26H31N3O5. The number of nitrogens with zero attached hydrogens (tertiary/aromatic N) is 3. The molecule has 0 spiro atoms. The van der Waals surface area contributed by atoms with Gasteiger partial charge in [0, 0.05) is 31.5 Å². The molecule has 1 amide bonds. The molecule has 1 saturated heterocycles. The quantitative estimate of drug-likeness (QED) is 0.460. The van der Waals surface area contributed by atoms with E-state index in [9.17, 15) is 4.79 Å². The summed E-state index contributed by atoms with van der Waals surface area (Å²) in [5.74, 6) is 2.02. The zero-order chi connectivity index (χ0) is 23.9. The highest BCUT2D eigenvalue weighted by molar-refractivity contribution is 5.95. The number of ether oxygens (including phenoxy) is 4. The largest absolute Gasteiger partial charge is 0.490 e. The number of likely N-dealkylation sites (tertiary alicyclic amines) is 1. The minimum Gasteiger partial charge on any atom is -0.490 e. The van der Waals surface area contributed by atoms with Gasteiger partial charge in [0.15, 0.2) is 11.5 Å². The molecule has 2 aromatic carbocycles. The van der Waals surface area contributed by atoms with Crippen molar-refractivity contribution in [2.75, 3.05) is 32.9 Å². The van der Waals surface area contributed by atoms with E-state index in [-0.39, 0.29) is 12.0 Å². The fourth-order valence-electron chi connectivity index (χ4n) is 4.04. The van der Waals surface area contributed by atoms with Crippen molar-refractivity contribution in [1.29, 1.82) is 0 Å². The van der Waals surface area contributed by atoms with E-state index in [0.29, 0.717) is 74.4 Å². The zero-order valence-electron chi connectivity index (χ0n) is 20.0. The smallest absolute Gasteiger partial charge is 0.254 e. The molecule has 8 heteroatoms. The maximum absolute atomic E-state index is 13.3. The number of hydrogen-bond donors (Lipinski definition) is 0. The van der Waals surface area contributed by atoms with Crippen LogP contribution in [-0.2, 0) is 0 Å². The summed E-state index contributed by atoms with van der Waals surface area (Å²) in [5.41, 5.74) is 2.16. The van der Waals surface area contributed by atoms with Crippen LogP contribution in [0.3, 0.4) is 0 Å². The van der Waals surface area contributed by atoms with Crippen molar-refractivity contribution in [2.45, 2.75) is 39.7 Å². The standard InChI is InChI=1S/C26H31N3O5/c1-4-31-22-15-18(16-23(32-5-2)25(22)33-6-3)26(30)29-13-11-19(12-14-29)34-24-17-27-20-9-7-8-10-21(20)28-24/h7-10,15-17,19H,4-6,11-14H2,1-3H3. The van der Waals surface area contributed by atoms with Crippen LogP contribution in [0.2, 0.25) is 0 Å². The molecule has 4 rings (SSSR count). The highest BCUT2D eigenvalue weighted by atomic mass is 16.5. The molecule has 1 aliphatic heterocycles. The monoisotopic (exact) mass is 465 g/mol. The van der Waals surface area contributed by atoms with E-state index in [1.54, 1.807) is 18.3 Å². The molecule has 1 fully saturated rings. The normalized spacial score (nSPS) is 14.1. The van der Waals surface area contributed by atoms with E-state index in [2.05, 4.69) is 9.97 Å². The number of rotatable bonds is 9. The minimum absolute atomic E-state index is 0.0159. The summed E-state index contributed by atoms with van der Waals surface area (Å²) in [6.07, 6.45) is 3.07. The van der Waals surface area contributed by atoms with Gasteiger partial charge in [0.2, 0.25) is 11.6 Å². The fraction of sp³-hybridized carbons (Fsp3) is 0.423. The maximum Gasteiger partial charge on any atom is 0.254 e. The molecule has 2 heterocycles. The molecule has 0 saturated carbocycles. The number of hydrogen-bond acceptors (Lipinski definition) is 7. The van der Waals surface area contributed by atoms with Crippen LogP contribution in [0.25, 0.3) is 11.0 Å². The second kappa shape index (κ2) is 11.0. The van der Waals surface area contributed by atoms with Gasteiger partial charge in [0.1, 0.15) is 6.10 Å². The van der Waals surface area contributed by atoms with Gasteiger partial charge in [0.05, 0.1) is 37.1 Å². The average Bonchev–Trinajstić information content (AvgIpc) is 2.86. The molecule has 34 heavy (non-hydrogen) atoms. The number of aromatic nitrogens is 2. The predicted octanol–water partition coefficient (Wildman–Crippen LogP) is 4.51. The van der Waals surface area contributed by atoms with Crippen LogP contribution >= 0.6 is 0 Å². The van der Waals surface area contributed by atoms with Crippen molar-refractivity contribution in [3.05, 3.63) is 48.2 Å². The van der Waals surface area contributed by atoms with Crippen molar-refractivity contribution in [3.8, 4) is 23.1 Å². The number of amides is 1. The van der Waals surface area contributed by atoms with Crippen molar-refractivity contribution in [3.63, 3.8) is 0 Å². The lowest BCUT2D eigenvalue weighted by molar-refractivity contribution is 0.0587. The maximum atomic E-state index is 13.3. The van der Waals surface area contributed by atoms with E-state index in [1.807, 2.05) is 49.9 Å². The predicted molar refractivity (Wildman–Crippen MR) is 129 cm³/mol. The van der Waals surface area contributed by atoms with E-state index in [1.165, 1.54) is 0 Å². The van der Waals surface area contributed by atoms with Crippen molar-refractivity contribution < 1.29 is 23.7 Å². The number of carbonyl (C=O) groups is 1. The summed E-state index contributed by atoms with van der Waals surface area (Å²) < 4.78 is 23.3. The number of benzene rings is 2. The molecule has 0 unspecified atom stereocenters. The van der Waals surface area contributed by atoms with Crippen molar-refractivity contribution in [2.24, 2.45) is 0 Å². The van der Waals surface area contributed by atoms with Crippen LogP contribution in [-0.4, -0.2) is 59.8 Å². The fourth-order valence-corrected chi connectivity index (χ4v) is 4.04. The Morgan fingerprint density at radius 1 is 0.941 bits per heavy atom. The Bertz CT molecular complexity index is 1100. The molecule has 0 radical (unpaired) electrons. The highest BCUT2D eigenvalue weighted by Gasteiger charge is 2.27. The highest BCUT2D eigenvalue weighted by Crippen LogP contribution is 2.39. The third-order valence-corrected chi connectivity index (χ3v) is 5.60. The summed E-state index contributed by atoms with van der Waals surface area (Å²) in [4.78, 5) is 24.1. The van der Waals surface area contributed by atoms with Crippen LogP contribution in [0.4, 0.5) is 0 Å². The Kier molecular flexibility index (Phi) is 7.67. The molecule has 0 N–H and O–H groups in total. The summed E-state index contributed by atoms with van der Waals surface area (Å²) in [6, 6.07) is 11.2. The molecule has 1 aromatic heterocycles. The Balaban J connectivity index is 1.43. The van der Waals surface area contributed by atoms with Gasteiger partial charge in [-0.15, -0.1) is 0 Å². The number of para-hydroxylation sites is 2. The van der Waals surface area contributed by atoms with Crippen LogP contribution < -0.4 is 18.9 Å². The van der Waals surface area contributed by atoms with E-state index in [0.717, 1.165) is 11.0 Å². The first kappa shape index (κ1) is 23.6. The Morgan fingerprint density at radius 2 is 1.56 bits per heavy atom. The molecule has 0 aliphatic carbocycles. The first-order valence-electron chi connectivity index (χ1n) is 11.9. The Labute approximate surface area is 199 Å². The Morgan fingerprint density at radius 3 is 2.18 bits per heavy atom. The van der Waals surface area contributed by atoms with Crippen molar-refractivity contribution in [1.82, 2.24) is 14.9 Å². The minimum atomic E-state index is -0.0612. The van der Waals surface area contributed by atoms with Crippen LogP contribution in [0, 0.1) is 0 Å². The van der Waals surface area contributed by atoms with Gasteiger partial charge in [-0.1, -0.05) is 12.1 Å². The molecule has 8 nitrogen and oxygen atoms in total. The molecule has 0 atom stereocenters. The Hall–Kier alpha value is -3.55. The number of piperidine rings is 1. The third kappa shape index (κ3) is 5.32. The second-order valence-corrected chi connectivity index (χ2v) is 7.91. The lowest BCUT2D eigenvalue weighted by Gasteiger charge is -2.32. The van der Waals surface area contributed by atoms with Crippen LogP contribution in [0.1, 0.15) is 44.0 Å². The lowest BCUT2D eigenvalue weighted by Crippen LogP contribution is -2.41. The van der Waals surface area contributed by atoms with Gasteiger partial charge in [-0.25, -0.2) is 9.97 Å². The summed E-state index contributed by atoms with van der Waals surface area (Å²) in [6.45, 7) is 8.28. The first-order chi connectivity index (χ1) is 16.6. The van der Waals surface area contributed by atoms with Crippen LogP contribution in [0.15, 0.2) is 42.6 Å². The average molecular weight is 466 g/mol. The van der Waals surface area contributed by atoms with E-state index >= 15 is 0 Å². The number of fused-ring (bicyclic) bond motifs is 1. The molecule has 1 aliphatic rings. The van der Waals surface area contributed by atoms with Gasteiger partial charge in [-0.05, 0) is 45.0 Å². The zero-order valence-corrected chi connectivity index (χ0v) is 20.0. The molecular weight excluding hydrogens is 434 g/mol. The second-order valence-electron chi connectivity index (χ2n) is 7.91. The molecule has 0 bridgehead atoms. The van der Waals surface area contributed by atoms with Gasteiger partial charge < -0.3 is 23.8 Å². The van der Waals surface area contributed by atoms with Gasteiger partial charge in [-0.3, -0.25) is 4.79 Å². The lowest BCUT2D eigenvalue weighted by atomic mass is 10.1. The topological polar surface area (TPSA) is 83.0 Å². The third-order valence-electron chi connectivity index (χ3n) is 5.60. The summed E-state index contributed by atoms with van der Waals surface area (Å²) in [5, 5.41) is 0. The SMILES string of the molecule is CCOc1cc(C(=O)N2CCC(Oc3cnc4ccccc4n3)CC2)cc(OCC)c1OCC. The van der Waals surface area contributed by atoms with Gasteiger partial charge in [0.25, 0.3) is 5.91 Å².